The van der Waals surface area contributed by atoms with Gasteiger partial charge in [-0.1, -0.05) is 6.07 Å². The molecule has 118 valence electrons. The highest BCUT2D eigenvalue weighted by Gasteiger charge is 2.73. The molecular weight excluding hydrogens is 307 g/mol. The Bertz CT molecular complexity index is 551. The summed E-state index contributed by atoms with van der Waals surface area (Å²) in [5.74, 6) is -12.2. The number of amides is 1. The number of carbonyl (C=O) groups is 1. The van der Waals surface area contributed by atoms with Gasteiger partial charge in [-0.3, -0.25) is 4.79 Å². The third-order valence-corrected chi connectivity index (χ3v) is 2.65. The van der Waals surface area contributed by atoms with Crippen LogP contribution in [0.25, 0.3) is 0 Å². The molecule has 1 aromatic carbocycles. The molecule has 1 aromatic rings. The normalized spacial score (nSPS) is 13.2. The van der Waals surface area contributed by atoms with Crippen molar-refractivity contribution < 1.29 is 35.5 Å². The number of benzene rings is 1. The van der Waals surface area contributed by atoms with Crippen molar-refractivity contribution in [1.82, 2.24) is 0 Å². The Morgan fingerprint density at radius 2 is 1.57 bits per heavy atom. The van der Waals surface area contributed by atoms with Crippen LogP contribution in [0.3, 0.4) is 0 Å². The summed E-state index contributed by atoms with van der Waals surface area (Å²) in [5.41, 5.74) is -1.52. The molecule has 1 N–H and O–H groups in total. The van der Waals surface area contributed by atoms with Crippen molar-refractivity contribution in [2.45, 2.75) is 31.9 Å². The zero-order valence-electron chi connectivity index (χ0n) is 10.8. The van der Waals surface area contributed by atoms with Crippen molar-refractivity contribution in [1.29, 1.82) is 0 Å². The quantitative estimate of drug-likeness (QED) is 0.830. The number of aryl methyl sites for hydroxylation is 1. The highest BCUT2D eigenvalue weighted by molar-refractivity contribution is 5.89. The fourth-order valence-corrected chi connectivity index (χ4v) is 1.55. The lowest BCUT2D eigenvalue weighted by atomic mass is 9.99. The van der Waals surface area contributed by atoms with Crippen molar-refractivity contribution in [2.24, 2.45) is 0 Å². The average Bonchev–Trinajstić information content (AvgIpc) is 2.29. The Hall–Kier alpha value is -1.80. The predicted octanol–water partition coefficient (Wildman–Crippen LogP) is 4.24. The molecule has 1 rings (SSSR count). The number of nitrogens with one attached hydrogen (secondary N) is 1. The molecule has 0 fully saturated rings. The molecule has 9 heteroatoms. The number of halogens is 7. The van der Waals surface area contributed by atoms with E-state index in [2.05, 4.69) is 5.32 Å². The number of anilines is 1. The van der Waals surface area contributed by atoms with E-state index in [-0.39, 0.29) is 11.3 Å². The van der Waals surface area contributed by atoms with Gasteiger partial charge < -0.3 is 5.32 Å². The summed E-state index contributed by atoms with van der Waals surface area (Å²) in [4.78, 5) is 10.8. The Balaban J connectivity index is 3.27. The number of hydrogen-bond donors (Lipinski definition) is 1. The lowest BCUT2D eigenvalue weighted by molar-refractivity contribution is -0.359. The van der Waals surface area contributed by atoms with E-state index < -0.39 is 29.5 Å². The molecule has 0 spiro atoms. The van der Waals surface area contributed by atoms with E-state index in [1.165, 1.54) is 6.92 Å². The van der Waals surface area contributed by atoms with Gasteiger partial charge in [-0.25, -0.2) is 0 Å². The van der Waals surface area contributed by atoms with Crippen LogP contribution in [0.4, 0.5) is 36.4 Å². The molecule has 0 radical (unpaired) electrons. The average molecular weight is 317 g/mol. The summed E-state index contributed by atoms with van der Waals surface area (Å²) in [6, 6.07) is 1.73. The molecule has 0 saturated heterocycles. The topological polar surface area (TPSA) is 29.1 Å². The smallest absolute Gasteiger partial charge is 0.326 e. The van der Waals surface area contributed by atoms with E-state index in [4.69, 9.17) is 0 Å². The second kappa shape index (κ2) is 5.19. The Morgan fingerprint density at radius 1 is 1.05 bits per heavy atom. The molecule has 21 heavy (non-hydrogen) atoms. The first-order chi connectivity index (χ1) is 9.30. The summed E-state index contributed by atoms with van der Waals surface area (Å²) < 4.78 is 88.9. The maximum Gasteiger partial charge on any atom is 0.460 e. The molecule has 0 heterocycles. The molecule has 0 saturated carbocycles. The summed E-state index contributed by atoms with van der Waals surface area (Å²) in [5, 5.41) is 2.23. The highest BCUT2D eigenvalue weighted by Crippen LogP contribution is 2.52. The van der Waals surface area contributed by atoms with Gasteiger partial charge in [0.05, 0.1) is 0 Å². The maximum atomic E-state index is 13.4. The van der Waals surface area contributed by atoms with Crippen LogP contribution >= 0.6 is 0 Å². The van der Waals surface area contributed by atoms with Gasteiger partial charge in [-0.05, 0) is 24.6 Å². The molecule has 0 bridgehead atoms. The van der Waals surface area contributed by atoms with Crippen molar-refractivity contribution in [3.63, 3.8) is 0 Å². The van der Waals surface area contributed by atoms with Gasteiger partial charge in [-0.15, -0.1) is 0 Å². The van der Waals surface area contributed by atoms with Crippen LogP contribution in [-0.2, 0) is 10.7 Å². The summed E-state index contributed by atoms with van der Waals surface area (Å²) in [6.07, 6.45) is -6.39. The molecule has 0 unspecified atom stereocenters. The van der Waals surface area contributed by atoms with Gasteiger partial charge in [0.2, 0.25) is 5.91 Å². The zero-order valence-corrected chi connectivity index (χ0v) is 10.8. The Labute approximate surface area is 114 Å². The maximum absolute atomic E-state index is 13.4. The predicted molar refractivity (Wildman–Crippen MR) is 60.4 cm³/mol. The minimum absolute atomic E-state index is 0.0392. The first kappa shape index (κ1) is 17.3. The number of carbonyl (C=O) groups excluding carboxylic acids is 1. The van der Waals surface area contributed by atoms with E-state index in [9.17, 15) is 35.5 Å². The molecule has 0 atom stereocenters. The number of hydrogen-bond acceptors (Lipinski definition) is 1. The second-order valence-corrected chi connectivity index (χ2v) is 4.36. The van der Waals surface area contributed by atoms with Gasteiger partial charge in [0.1, 0.15) is 0 Å². The summed E-state index contributed by atoms with van der Waals surface area (Å²) in [7, 11) is 0. The van der Waals surface area contributed by atoms with Crippen molar-refractivity contribution >= 4 is 11.6 Å². The summed E-state index contributed by atoms with van der Waals surface area (Å²) >= 11 is 0. The van der Waals surface area contributed by atoms with Crippen LogP contribution in [0.15, 0.2) is 18.2 Å². The molecular formula is C12H10F7NO. The number of rotatable bonds is 3. The second-order valence-electron chi connectivity index (χ2n) is 4.36. The van der Waals surface area contributed by atoms with Crippen LogP contribution < -0.4 is 5.32 Å². The molecule has 0 aliphatic heterocycles. The molecule has 2 nitrogen and oxygen atoms in total. The Kier molecular flexibility index (Phi) is 4.27. The first-order valence-corrected chi connectivity index (χ1v) is 5.52. The van der Waals surface area contributed by atoms with Gasteiger partial charge in [0.15, 0.2) is 0 Å². The van der Waals surface area contributed by atoms with Crippen molar-refractivity contribution in [2.75, 3.05) is 5.32 Å². The first-order valence-electron chi connectivity index (χ1n) is 5.52. The van der Waals surface area contributed by atoms with Crippen LogP contribution in [0, 0.1) is 6.92 Å². The minimum Gasteiger partial charge on any atom is -0.326 e. The van der Waals surface area contributed by atoms with E-state index >= 15 is 0 Å². The van der Waals surface area contributed by atoms with Gasteiger partial charge in [-0.2, -0.15) is 30.7 Å². The lowest BCUT2D eigenvalue weighted by Crippen LogP contribution is -2.50. The standard InChI is InChI=1S/C12H10F7NO/c1-6-5-8(3-4-9(6)20-7(2)21)10(13,14)11(15,16)12(17,18)19/h3-5H,1-2H3,(H,20,21). The fourth-order valence-electron chi connectivity index (χ4n) is 1.55. The third kappa shape index (κ3) is 3.11. The Morgan fingerprint density at radius 3 is 1.95 bits per heavy atom. The van der Waals surface area contributed by atoms with Gasteiger partial charge in [0.25, 0.3) is 0 Å². The monoisotopic (exact) mass is 317 g/mol. The highest BCUT2D eigenvalue weighted by atomic mass is 19.4. The molecule has 0 aromatic heterocycles. The zero-order chi connectivity index (χ0) is 16.6. The molecule has 1 amide bonds. The van der Waals surface area contributed by atoms with Crippen LogP contribution in [0.1, 0.15) is 18.1 Å². The SMILES string of the molecule is CC(=O)Nc1ccc(C(F)(F)C(F)(F)C(F)(F)F)cc1C. The van der Waals surface area contributed by atoms with Crippen LogP contribution in [0.2, 0.25) is 0 Å². The molecule has 0 aliphatic rings. The van der Waals surface area contributed by atoms with Crippen molar-refractivity contribution in [3.05, 3.63) is 29.3 Å². The largest absolute Gasteiger partial charge is 0.460 e. The minimum atomic E-state index is -6.39. The van der Waals surface area contributed by atoms with Crippen LogP contribution in [0.5, 0.6) is 0 Å². The van der Waals surface area contributed by atoms with E-state index in [1.54, 1.807) is 0 Å². The van der Waals surface area contributed by atoms with Gasteiger partial charge in [0, 0.05) is 18.2 Å². The number of alkyl halides is 7. The van der Waals surface area contributed by atoms with E-state index in [0.717, 1.165) is 13.0 Å². The van der Waals surface area contributed by atoms with Gasteiger partial charge >= 0.3 is 18.0 Å². The lowest BCUT2D eigenvalue weighted by Gasteiger charge is -2.28. The van der Waals surface area contributed by atoms with Crippen LogP contribution in [-0.4, -0.2) is 18.0 Å². The van der Waals surface area contributed by atoms with E-state index in [0.29, 0.717) is 12.1 Å². The molecule has 0 aliphatic carbocycles. The third-order valence-electron chi connectivity index (χ3n) is 2.65. The van der Waals surface area contributed by atoms with Crippen molar-refractivity contribution in [3.8, 4) is 0 Å². The summed E-state index contributed by atoms with van der Waals surface area (Å²) in [6.45, 7) is 2.32. The fraction of sp³-hybridized carbons (Fsp3) is 0.417. The van der Waals surface area contributed by atoms with E-state index in [1.807, 2.05) is 0 Å².